The molecule has 0 aromatic rings. The lowest BCUT2D eigenvalue weighted by Gasteiger charge is -2.30. The maximum atomic E-state index is 12.1. The lowest BCUT2D eigenvalue weighted by atomic mass is 10.1. The van der Waals surface area contributed by atoms with Gasteiger partial charge in [-0.2, -0.15) is 5.06 Å². The van der Waals surface area contributed by atoms with Crippen molar-refractivity contribution in [2.45, 2.75) is 37.6 Å². The van der Waals surface area contributed by atoms with Gasteiger partial charge in [-0.1, -0.05) is 0 Å². The van der Waals surface area contributed by atoms with Crippen LogP contribution in [0.1, 0.15) is 19.8 Å². The first-order chi connectivity index (χ1) is 9.78. The molecule has 2 aliphatic rings. The van der Waals surface area contributed by atoms with Gasteiger partial charge in [0.2, 0.25) is 5.91 Å². The number of ether oxygens (including phenoxy) is 1. The number of esters is 1. The van der Waals surface area contributed by atoms with Crippen LogP contribution in [0.5, 0.6) is 0 Å². The standard InChI is InChI=1S/C11H14N2O8/c1-5(14)8(16)12-6-4-20-13(9(6)17)11(10(18)19)3-2-7(15)21-11/h5-6,14H,2-4H2,1H3,(H,12,16)(H,18,19)/t5?,6-,11?/m0/s1. The Morgan fingerprint density at radius 2 is 2.14 bits per heavy atom. The molecule has 0 bridgehead atoms. The van der Waals surface area contributed by atoms with Gasteiger partial charge >= 0.3 is 17.7 Å². The number of carbonyl (C=O) groups is 4. The van der Waals surface area contributed by atoms with Gasteiger partial charge in [-0.05, 0) is 6.92 Å². The number of carboxylic acids is 1. The summed E-state index contributed by atoms with van der Waals surface area (Å²) in [5, 5.41) is 21.0. The maximum Gasteiger partial charge on any atom is 0.372 e. The fourth-order valence-electron chi connectivity index (χ4n) is 2.05. The minimum atomic E-state index is -2.21. The number of hydrogen-bond acceptors (Lipinski definition) is 7. The Morgan fingerprint density at radius 3 is 2.62 bits per heavy atom. The Kier molecular flexibility index (Phi) is 3.83. The molecular weight excluding hydrogens is 288 g/mol. The lowest BCUT2D eigenvalue weighted by Crippen LogP contribution is -2.57. The average Bonchev–Trinajstić information content (AvgIpc) is 2.95. The molecule has 2 heterocycles. The number of nitrogens with one attached hydrogen (secondary N) is 1. The first-order valence-corrected chi connectivity index (χ1v) is 6.18. The number of hydroxylamine groups is 2. The molecule has 0 aromatic heterocycles. The zero-order chi connectivity index (χ0) is 15.8. The lowest BCUT2D eigenvalue weighted by molar-refractivity contribution is -0.256. The summed E-state index contributed by atoms with van der Waals surface area (Å²) in [6.45, 7) is 0.898. The molecule has 2 amide bonds. The first-order valence-electron chi connectivity index (χ1n) is 6.18. The third-order valence-electron chi connectivity index (χ3n) is 3.18. The largest absolute Gasteiger partial charge is 0.477 e. The number of aliphatic carboxylic acids is 1. The van der Waals surface area contributed by atoms with Crippen molar-refractivity contribution in [2.75, 3.05) is 6.61 Å². The number of rotatable bonds is 4. The van der Waals surface area contributed by atoms with E-state index in [1.165, 1.54) is 6.92 Å². The average molecular weight is 302 g/mol. The highest BCUT2D eigenvalue weighted by Gasteiger charge is 2.59. The van der Waals surface area contributed by atoms with E-state index in [4.69, 9.17) is 14.7 Å². The summed E-state index contributed by atoms with van der Waals surface area (Å²) in [7, 11) is 0. The minimum Gasteiger partial charge on any atom is -0.477 e. The Bertz CT molecular complexity index is 504. The first kappa shape index (κ1) is 15.2. The van der Waals surface area contributed by atoms with Crippen molar-refractivity contribution >= 4 is 23.8 Å². The molecule has 0 saturated carbocycles. The molecule has 2 saturated heterocycles. The second kappa shape index (κ2) is 5.30. The van der Waals surface area contributed by atoms with Crippen LogP contribution in [-0.4, -0.2) is 63.5 Å². The molecule has 2 aliphatic heterocycles. The Hall–Kier alpha value is -2.20. The van der Waals surface area contributed by atoms with E-state index in [1.807, 2.05) is 0 Å². The summed E-state index contributed by atoms with van der Waals surface area (Å²) in [5.74, 6) is -3.96. The molecule has 3 atom stereocenters. The van der Waals surface area contributed by atoms with Crippen molar-refractivity contribution in [3.63, 3.8) is 0 Å². The number of hydrogen-bond donors (Lipinski definition) is 3. The summed E-state index contributed by atoms with van der Waals surface area (Å²) >= 11 is 0. The molecule has 10 nitrogen and oxygen atoms in total. The van der Waals surface area contributed by atoms with Gasteiger partial charge < -0.3 is 20.3 Å². The second-order valence-electron chi connectivity index (χ2n) is 4.73. The normalized spacial score (nSPS) is 30.2. The molecule has 0 aliphatic carbocycles. The van der Waals surface area contributed by atoms with E-state index in [-0.39, 0.29) is 19.4 Å². The summed E-state index contributed by atoms with van der Waals surface area (Å²) in [5.41, 5.74) is -2.21. The zero-order valence-corrected chi connectivity index (χ0v) is 11.1. The number of carboxylic acid groups (broad SMARTS) is 1. The predicted octanol–water partition coefficient (Wildman–Crippen LogP) is -2.26. The Balaban J connectivity index is 2.15. The summed E-state index contributed by atoms with van der Waals surface area (Å²) in [6, 6.07) is -1.15. The smallest absolute Gasteiger partial charge is 0.372 e. The zero-order valence-electron chi connectivity index (χ0n) is 11.1. The maximum absolute atomic E-state index is 12.1. The van der Waals surface area contributed by atoms with Gasteiger partial charge in [-0.3, -0.25) is 19.2 Å². The van der Waals surface area contributed by atoms with Gasteiger partial charge in [-0.15, -0.1) is 0 Å². The molecule has 21 heavy (non-hydrogen) atoms. The van der Waals surface area contributed by atoms with E-state index in [9.17, 15) is 24.3 Å². The van der Waals surface area contributed by atoms with Crippen LogP contribution in [0, 0.1) is 0 Å². The highest BCUT2D eigenvalue weighted by atomic mass is 16.7. The highest BCUT2D eigenvalue weighted by Crippen LogP contribution is 2.33. The van der Waals surface area contributed by atoms with Gasteiger partial charge in [0.1, 0.15) is 18.8 Å². The van der Waals surface area contributed by atoms with Crippen LogP contribution >= 0.6 is 0 Å². The van der Waals surface area contributed by atoms with Crippen LogP contribution < -0.4 is 5.32 Å². The molecule has 2 rings (SSSR count). The van der Waals surface area contributed by atoms with Crippen molar-refractivity contribution in [1.29, 1.82) is 0 Å². The van der Waals surface area contributed by atoms with Crippen molar-refractivity contribution in [3.8, 4) is 0 Å². The molecule has 2 unspecified atom stereocenters. The van der Waals surface area contributed by atoms with Crippen LogP contribution in [-0.2, 0) is 28.8 Å². The van der Waals surface area contributed by atoms with Crippen LogP contribution in [0.2, 0.25) is 0 Å². The summed E-state index contributed by atoms with van der Waals surface area (Å²) in [4.78, 5) is 51.0. The number of amides is 2. The molecule has 2 fully saturated rings. The third kappa shape index (κ3) is 2.54. The van der Waals surface area contributed by atoms with E-state index < -0.39 is 41.6 Å². The minimum absolute atomic E-state index is 0.163. The number of aliphatic hydroxyl groups is 1. The Labute approximate surface area is 118 Å². The van der Waals surface area contributed by atoms with Crippen LogP contribution in [0.15, 0.2) is 0 Å². The number of carbonyl (C=O) groups excluding carboxylic acids is 3. The van der Waals surface area contributed by atoms with Crippen molar-refractivity contribution < 1.29 is 39.0 Å². The quantitative estimate of drug-likeness (QED) is 0.494. The third-order valence-corrected chi connectivity index (χ3v) is 3.18. The van der Waals surface area contributed by atoms with Crippen LogP contribution in [0.4, 0.5) is 0 Å². The molecule has 10 heteroatoms. The van der Waals surface area contributed by atoms with Gasteiger partial charge in [0, 0.05) is 6.42 Å². The molecule has 116 valence electrons. The van der Waals surface area contributed by atoms with Crippen LogP contribution in [0.25, 0.3) is 0 Å². The SMILES string of the molecule is CC(O)C(=O)N[C@H]1CON(C2(C(=O)O)CCC(=O)O2)C1=O. The van der Waals surface area contributed by atoms with Gasteiger partial charge in [0.05, 0.1) is 6.42 Å². The van der Waals surface area contributed by atoms with Crippen LogP contribution in [0.3, 0.4) is 0 Å². The second-order valence-corrected chi connectivity index (χ2v) is 4.73. The van der Waals surface area contributed by atoms with Gasteiger partial charge in [0.25, 0.3) is 5.91 Å². The monoisotopic (exact) mass is 302 g/mol. The van der Waals surface area contributed by atoms with E-state index in [2.05, 4.69) is 5.32 Å². The molecule has 0 aromatic carbocycles. The van der Waals surface area contributed by atoms with Crippen molar-refractivity contribution in [1.82, 2.24) is 10.4 Å². The summed E-state index contributed by atoms with van der Waals surface area (Å²) in [6.07, 6.45) is -1.74. The van der Waals surface area contributed by atoms with Gasteiger partial charge in [0.15, 0.2) is 0 Å². The topological polar surface area (TPSA) is 142 Å². The van der Waals surface area contributed by atoms with Crippen molar-refractivity contribution in [3.05, 3.63) is 0 Å². The molecule has 0 radical (unpaired) electrons. The van der Waals surface area contributed by atoms with E-state index in [1.54, 1.807) is 0 Å². The van der Waals surface area contributed by atoms with Crippen molar-refractivity contribution in [2.24, 2.45) is 0 Å². The number of aliphatic hydroxyl groups excluding tert-OH is 1. The highest BCUT2D eigenvalue weighted by molar-refractivity contribution is 5.94. The number of nitrogens with zero attached hydrogens (tertiary/aromatic N) is 1. The Morgan fingerprint density at radius 1 is 1.48 bits per heavy atom. The fraction of sp³-hybridized carbons (Fsp3) is 0.636. The van der Waals surface area contributed by atoms with E-state index >= 15 is 0 Å². The fourth-order valence-corrected chi connectivity index (χ4v) is 2.05. The molecule has 3 N–H and O–H groups in total. The van der Waals surface area contributed by atoms with Gasteiger partial charge in [-0.25, -0.2) is 4.79 Å². The summed E-state index contributed by atoms with van der Waals surface area (Å²) < 4.78 is 4.75. The molecule has 0 spiro atoms. The number of cyclic esters (lactones) is 1. The van der Waals surface area contributed by atoms with E-state index in [0.717, 1.165) is 0 Å². The van der Waals surface area contributed by atoms with E-state index in [0.29, 0.717) is 5.06 Å². The predicted molar refractivity (Wildman–Crippen MR) is 62.1 cm³/mol. The molecular formula is C11H14N2O8.